The minimum absolute atomic E-state index is 0.257. The molecule has 1 aliphatic rings. The van der Waals surface area contributed by atoms with Gasteiger partial charge in [-0.25, -0.2) is 8.42 Å². The Balaban J connectivity index is 2.35. The average Bonchev–Trinajstić information content (AvgIpc) is 2.29. The first-order valence-corrected chi connectivity index (χ1v) is 9.45. The first-order chi connectivity index (χ1) is 7.97. The zero-order valence-corrected chi connectivity index (χ0v) is 12.7. The molecule has 102 valence electrons. The zero-order chi connectivity index (χ0) is 12.9. The van der Waals surface area contributed by atoms with Crippen LogP contribution in [0.1, 0.15) is 39.5 Å². The Labute approximate surface area is 110 Å². The van der Waals surface area contributed by atoms with Crippen LogP contribution >= 0.6 is 11.8 Å². The second-order valence-corrected chi connectivity index (χ2v) is 8.79. The molecule has 0 aromatic heterocycles. The lowest BCUT2D eigenvalue weighted by atomic mass is 9.95. The van der Waals surface area contributed by atoms with Gasteiger partial charge in [-0.1, -0.05) is 12.8 Å². The Morgan fingerprint density at radius 2 is 1.94 bits per heavy atom. The number of hydrogen-bond acceptors (Lipinski definition) is 4. The quantitative estimate of drug-likeness (QED) is 0.808. The highest BCUT2D eigenvalue weighted by atomic mass is 32.2. The van der Waals surface area contributed by atoms with Crippen LogP contribution in [0.15, 0.2) is 0 Å². The fourth-order valence-corrected chi connectivity index (χ4v) is 4.07. The summed E-state index contributed by atoms with van der Waals surface area (Å²) in [5, 5.41) is 3.83. The highest BCUT2D eigenvalue weighted by molar-refractivity contribution is 7.99. The molecule has 2 atom stereocenters. The minimum atomic E-state index is -2.89. The summed E-state index contributed by atoms with van der Waals surface area (Å²) in [4.78, 5) is 0. The summed E-state index contributed by atoms with van der Waals surface area (Å²) >= 11 is 1.91. The summed E-state index contributed by atoms with van der Waals surface area (Å²) < 4.78 is 23.4. The van der Waals surface area contributed by atoms with Crippen LogP contribution in [0.4, 0.5) is 0 Å². The van der Waals surface area contributed by atoms with Crippen LogP contribution in [0.5, 0.6) is 0 Å². The summed E-state index contributed by atoms with van der Waals surface area (Å²) in [6.07, 6.45) is 7.18. The minimum Gasteiger partial charge on any atom is -0.312 e. The van der Waals surface area contributed by atoms with Gasteiger partial charge in [-0.15, -0.1) is 0 Å². The number of sulfone groups is 1. The van der Waals surface area contributed by atoms with Crippen molar-refractivity contribution in [3.05, 3.63) is 0 Å². The molecular formula is C12H25NO2S2. The van der Waals surface area contributed by atoms with E-state index in [0.717, 1.165) is 0 Å². The molecule has 1 saturated carbocycles. The molecule has 0 radical (unpaired) electrons. The van der Waals surface area contributed by atoms with E-state index in [1.54, 1.807) is 13.8 Å². The molecule has 0 amide bonds. The van der Waals surface area contributed by atoms with Crippen molar-refractivity contribution in [3.8, 4) is 0 Å². The van der Waals surface area contributed by atoms with Crippen LogP contribution in [0.25, 0.3) is 0 Å². The SMILES string of the molecule is CSC1CCCCC1NCCS(=O)(=O)C(C)C. The molecule has 0 spiro atoms. The van der Waals surface area contributed by atoms with Gasteiger partial charge in [0.05, 0.1) is 11.0 Å². The van der Waals surface area contributed by atoms with Crippen molar-refractivity contribution in [2.24, 2.45) is 0 Å². The Morgan fingerprint density at radius 3 is 2.53 bits per heavy atom. The Morgan fingerprint density at radius 1 is 1.29 bits per heavy atom. The van der Waals surface area contributed by atoms with E-state index in [0.29, 0.717) is 17.8 Å². The van der Waals surface area contributed by atoms with Gasteiger partial charge in [-0.05, 0) is 32.9 Å². The van der Waals surface area contributed by atoms with Crippen molar-refractivity contribution in [1.82, 2.24) is 5.32 Å². The molecule has 1 fully saturated rings. The topological polar surface area (TPSA) is 46.2 Å². The van der Waals surface area contributed by atoms with E-state index in [2.05, 4.69) is 11.6 Å². The lowest BCUT2D eigenvalue weighted by molar-refractivity contribution is 0.391. The maximum absolute atomic E-state index is 11.7. The van der Waals surface area contributed by atoms with Gasteiger partial charge in [0, 0.05) is 17.8 Å². The summed E-state index contributed by atoms with van der Waals surface area (Å²) in [6.45, 7) is 4.10. The maximum atomic E-state index is 11.7. The van der Waals surface area contributed by atoms with Gasteiger partial charge >= 0.3 is 0 Å². The van der Waals surface area contributed by atoms with E-state index >= 15 is 0 Å². The monoisotopic (exact) mass is 279 g/mol. The molecule has 3 nitrogen and oxygen atoms in total. The van der Waals surface area contributed by atoms with E-state index in [1.165, 1.54) is 25.7 Å². The predicted octanol–water partition coefficient (Wildman–Crippen LogP) is 2.07. The van der Waals surface area contributed by atoms with Crippen LogP contribution in [0, 0.1) is 0 Å². The molecule has 1 N–H and O–H groups in total. The molecular weight excluding hydrogens is 254 g/mol. The van der Waals surface area contributed by atoms with Crippen LogP contribution in [0.3, 0.4) is 0 Å². The van der Waals surface area contributed by atoms with Gasteiger partial charge in [0.1, 0.15) is 0 Å². The molecule has 1 aliphatic carbocycles. The largest absolute Gasteiger partial charge is 0.312 e. The van der Waals surface area contributed by atoms with Gasteiger partial charge in [0.2, 0.25) is 0 Å². The van der Waals surface area contributed by atoms with E-state index in [-0.39, 0.29) is 11.0 Å². The second kappa shape index (κ2) is 7.00. The van der Waals surface area contributed by atoms with Gasteiger partial charge in [0.25, 0.3) is 0 Å². The van der Waals surface area contributed by atoms with Crippen molar-refractivity contribution in [1.29, 1.82) is 0 Å². The van der Waals surface area contributed by atoms with E-state index in [9.17, 15) is 8.42 Å². The molecule has 17 heavy (non-hydrogen) atoms. The van der Waals surface area contributed by atoms with Gasteiger partial charge < -0.3 is 5.32 Å². The first kappa shape index (κ1) is 15.3. The molecule has 1 rings (SSSR count). The van der Waals surface area contributed by atoms with Crippen LogP contribution in [-0.2, 0) is 9.84 Å². The average molecular weight is 279 g/mol. The molecule has 0 aromatic rings. The third-order valence-corrected chi connectivity index (χ3v) is 6.90. The lowest BCUT2D eigenvalue weighted by Gasteiger charge is -2.31. The van der Waals surface area contributed by atoms with Gasteiger partial charge in [0.15, 0.2) is 9.84 Å². The molecule has 0 bridgehead atoms. The number of rotatable bonds is 6. The van der Waals surface area contributed by atoms with Crippen molar-refractivity contribution < 1.29 is 8.42 Å². The van der Waals surface area contributed by atoms with Crippen LogP contribution in [0.2, 0.25) is 0 Å². The van der Waals surface area contributed by atoms with Crippen molar-refractivity contribution in [2.45, 2.75) is 56.1 Å². The zero-order valence-electron chi connectivity index (χ0n) is 11.1. The number of hydrogen-bond donors (Lipinski definition) is 1. The summed E-state index contributed by atoms with van der Waals surface area (Å²) in [7, 11) is -2.89. The van der Waals surface area contributed by atoms with Crippen molar-refractivity contribution in [3.63, 3.8) is 0 Å². The normalized spacial score (nSPS) is 26.4. The molecule has 5 heteroatoms. The number of nitrogens with one attached hydrogen (secondary N) is 1. The van der Waals surface area contributed by atoms with E-state index < -0.39 is 9.84 Å². The van der Waals surface area contributed by atoms with Gasteiger partial charge in [-0.2, -0.15) is 11.8 Å². The smallest absolute Gasteiger partial charge is 0.153 e. The standard InChI is InChI=1S/C12H25NO2S2/c1-10(2)17(14,15)9-8-13-11-6-4-5-7-12(11)16-3/h10-13H,4-9H2,1-3H3. The number of thioether (sulfide) groups is 1. The van der Waals surface area contributed by atoms with E-state index in [1.807, 2.05) is 11.8 Å². The predicted molar refractivity (Wildman–Crippen MR) is 76.5 cm³/mol. The fourth-order valence-electron chi connectivity index (χ4n) is 2.23. The Bertz CT molecular complexity index is 314. The van der Waals surface area contributed by atoms with Crippen molar-refractivity contribution in [2.75, 3.05) is 18.6 Å². The molecule has 0 heterocycles. The van der Waals surface area contributed by atoms with Crippen LogP contribution in [-0.4, -0.2) is 43.5 Å². The maximum Gasteiger partial charge on any atom is 0.153 e. The third-order valence-electron chi connectivity index (χ3n) is 3.52. The highest BCUT2D eigenvalue weighted by Gasteiger charge is 2.24. The highest BCUT2D eigenvalue weighted by Crippen LogP contribution is 2.26. The molecule has 2 unspecified atom stereocenters. The molecule has 0 aliphatic heterocycles. The fraction of sp³-hybridized carbons (Fsp3) is 1.00. The summed E-state index contributed by atoms with van der Waals surface area (Å²) in [5.74, 6) is 0.266. The van der Waals surface area contributed by atoms with Crippen LogP contribution < -0.4 is 5.32 Å². The molecule has 0 saturated heterocycles. The Kier molecular flexibility index (Phi) is 6.31. The third kappa shape index (κ3) is 4.79. The first-order valence-electron chi connectivity index (χ1n) is 6.45. The lowest BCUT2D eigenvalue weighted by Crippen LogP contribution is -2.42. The summed E-state index contributed by atoms with van der Waals surface area (Å²) in [6, 6.07) is 0.501. The second-order valence-electron chi connectivity index (χ2n) is 5.03. The van der Waals surface area contributed by atoms with E-state index in [4.69, 9.17) is 0 Å². The molecule has 0 aromatic carbocycles. The Hall–Kier alpha value is 0.260. The van der Waals surface area contributed by atoms with Gasteiger partial charge in [-0.3, -0.25) is 0 Å². The van der Waals surface area contributed by atoms with Crippen molar-refractivity contribution >= 4 is 21.6 Å². The summed E-state index contributed by atoms with van der Waals surface area (Å²) in [5.41, 5.74) is 0.